The van der Waals surface area contributed by atoms with Gasteiger partial charge >= 0.3 is 17.8 Å². The zero-order chi connectivity index (χ0) is 18.8. The third-order valence-corrected chi connectivity index (χ3v) is 8.96. The van der Waals surface area contributed by atoms with Crippen LogP contribution in [0.2, 0.25) is 0 Å². The summed E-state index contributed by atoms with van der Waals surface area (Å²) in [6.45, 7) is 3.18. The molecule has 10 heteroatoms. The van der Waals surface area contributed by atoms with Crippen LogP contribution in [0.15, 0.2) is 42.9 Å². The molecule has 0 amide bonds. The van der Waals surface area contributed by atoms with Crippen LogP contribution in [0.1, 0.15) is 13.8 Å². The Labute approximate surface area is 159 Å². The summed E-state index contributed by atoms with van der Waals surface area (Å²) in [6.07, 6.45) is 2.40. The van der Waals surface area contributed by atoms with E-state index < -0.39 is 38.4 Å². The summed E-state index contributed by atoms with van der Waals surface area (Å²) < 4.78 is 84.7. The summed E-state index contributed by atoms with van der Waals surface area (Å²) in [5, 5.41) is 0. The van der Waals surface area contributed by atoms with Crippen LogP contribution in [0, 0.1) is 0 Å². The molecule has 0 N–H and O–H groups in total. The molecule has 2 aliphatic heterocycles. The van der Waals surface area contributed by atoms with E-state index in [9.17, 15) is 26.3 Å². The first-order chi connectivity index (χ1) is 11.2. The van der Waals surface area contributed by atoms with Crippen LogP contribution in [-0.2, 0) is 0 Å². The quantitative estimate of drug-likeness (QED) is 0.352. The molecule has 2 atom stereocenters. The Hall–Kier alpha value is -0.0600. The third-order valence-electron chi connectivity index (χ3n) is 5.30. The van der Waals surface area contributed by atoms with Crippen LogP contribution in [0.3, 0.4) is 0 Å². The summed E-state index contributed by atoms with van der Waals surface area (Å²) >= 11 is 10.5. The first kappa shape index (κ1) is 18.3. The van der Waals surface area contributed by atoms with Crippen molar-refractivity contribution in [1.29, 1.82) is 0 Å². The van der Waals surface area contributed by atoms with Crippen molar-refractivity contribution in [3.05, 3.63) is 42.9 Å². The second-order valence-electron chi connectivity index (χ2n) is 6.54. The average Bonchev–Trinajstić information content (AvgIpc) is 2.95. The number of fused-ring (bicyclic) bond motifs is 4. The number of hydrogen-bond donors (Lipinski definition) is 2. The summed E-state index contributed by atoms with van der Waals surface area (Å²) in [7, 11) is 0. The van der Waals surface area contributed by atoms with Gasteiger partial charge in [-0.25, -0.2) is 0 Å². The first-order valence-electron chi connectivity index (χ1n) is 7.05. The van der Waals surface area contributed by atoms with Crippen molar-refractivity contribution in [3.63, 3.8) is 0 Å². The fourth-order valence-corrected chi connectivity index (χ4v) is 7.82. The monoisotopic (exact) mass is 432 g/mol. The highest BCUT2D eigenvalue weighted by molar-refractivity contribution is 8.19. The molecule has 2 heterocycles. The molecule has 0 nitrogen and oxygen atoms in total. The van der Waals surface area contributed by atoms with Gasteiger partial charge in [0.05, 0.1) is 9.49 Å². The van der Waals surface area contributed by atoms with Gasteiger partial charge < -0.3 is 0 Å². The first-order valence-corrected chi connectivity index (χ1v) is 9.58. The number of rotatable bonds is 0. The van der Waals surface area contributed by atoms with E-state index in [0.717, 1.165) is 23.5 Å². The normalized spacial score (nSPS) is 39.9. The molecule has 4 rings (SSSR count). The van der Waals surface area contributed by atoms with Gasteiger partial charge in [0.25, 0.3) is 0 Å². The fraction of sp³-hybridized carbons (Fsp3) is 0.467. The molecule has 0 aromatic carbocycles. The van der Waals surface area contributed by atoms with Gasteiger partial charge in [-0.05, 0) is 37.1 Å². The maximum atomic E-state index is 14.5. The highest BCUT2D eigenvalue weighted by atomic mass is 32.2. The molecule has 2 aliphatic carbocycles. The minimum Gasteiger partial charge on any atom is -0.194 e. The minimum atomic E-state index is -5.51. The number of alkyl halides is 6. The van der Waals surface area contributed by atoms with Gasteiger partial charge in [0, 0.05) is 19.6 Å². The number of thioether (sulfide) groups is 2. The maximum absolute atomic E-state index is 14.5. The van der Waals surface area contributed by atoms with Gasteiger partial charge in [-0.1, -0.05) is 0 Å². The lowest BCUT2D eigenvalue weighted by Gasteiger charge is -2.46. The maximum Gasteiger partial charge on any atom is 0.380 e. The Morgan fingerprint density at radius 1 is 0.720 bits per heavy atom. The van der Waals surface area contributed by atoms with Crippen LogP contribution in [0.25, 0.3) is 0 Å². The highest BCUT2D eigenvalue weighted by Gasteiger charge is 2.84. The largest absolute Gasteiger partial charge is 0.380 e. The third kappa shape index (κ3) is 1.76. The summed E-state index contributed by atoms with van der Waals surface area (Å²) in [4.78, 5) is 0. The summed E-state index contributed by atoms with van der Waals surface area (Å²) in [6, 6.07) is 0. The minimum absolute atomic E-state index is 0.213. The van der Waals surface area contributed by atoms with Crippen LogP contribution < -0.4 is 0 Å². The van der Waals surface area contributed by atoms with E-state index in [1.807, 2.05) is 0 Å². The van der Waals surface area contributed by atoms with E-state index in [0.29, 0.717) is 8.47 Å². The van der Waals surface area contributed by atoms with Gasteiger partial charge in [0.2, 0.25) is 0 Å². The molecule has 136 valence electrons. The Balaban J connectivity index is 2.20. The predicted molar refractivity (Wildman–Crippen MR) is 95.0 cm³/mol. The van der Waals surface area contributed by atoms with Gasteiger partial charge in [0.1, 0.15) is 0 Å². The zero-order valence-corrected chi connectivity index (χ0v) is 16.1. The van der Waals surface area contributed by atoms with Crippen molar-refractivity contribution < 1.29 is 26.3 Å². The van der Waals surface area contributed by atoms with Crippen LogP contribution in [0.4, 0.5) is 26.3 Å². The fourth-order valence-electron chi connectivity index (χ4n) is 3.87. The molecule has 0 saturated heterocycles. The van der Waals surface area contributed by atoms with E-state index >= 15 is 0 Å². The number of hydrogen-bond acceptors (Lipinski definition) is 4. The van der Waals surface area contributed by atoms with Crippen molar-refractivity contribution >= 4 is 48.8 Å². The lowest BCUT2D eigenvalue weighted by Crippen LogP contribution is -2.48. The van der Waals surface area contributed by atoms with Crippen LogP contribution in [0.5, 0.6) is 0 Å². The molecule has 0 aromatic heterocycles. The molecule has 0 aromatic rings. The van der Waals surface area contributed by atoms with E-state index in [4.69, 9.17) is 0 Å². The molecule has 25 heavy (non-hydrogen) atoms. The van der Waals surface area contributed by atoms with Crippen molar-refractivity contribution in [2.75, 3.05) is 0 Å². The number of allylic oxidation sites excluding steroid dienone is 4. The average molecular weight is 433 g/mol. The Morgan fingerprint density at radius 3 is 1.36 bits per heavy atom. The molecular weight excluding hydrogens is 422 g/mol. The molecule has 0 bridgehead atoms. The van der Waals surface area contributed by atoms with Crippen molar-refractivity contribution in [2.45, 2.75) is 41.1 Å². The van der Waals surface area contributed by atoms with Crippen LogP contribution in [-0.4, -0.2) is 27.3 Å². The van der Waals surface area contributed by atoms with Gasteiger partial charge in [-0.3, -0.25) is 0 Å². The topological polar surface area (TPSA) is 0 Å². The predicted octanol–water partition coefficient (Wildman–Crippen LogP) is 6.07. The number of thiol groups is 2. The smallest absolute Gasteiger partial charge is 0.194 e. The summed E-state index contributed by atoms with van der Waals surface area (Å²) in [5.41, 5.74) is -2.97. The van der Waals surface area contributed by atoms with Crippen molar-refractivity contribution in [2.24, 2.45) is 0 Å². The lowest BCUT2D eigenvalue weighted by atomic mass is 9.71. The molecular formula is C15H10F6S4. The Bertz CT molecular complexity index is 784. The molecule has 4 aliphatic rings. The number of halogens is 6. The lowest BCUT2D eigenvalue weighted by molar-refractivity contribution is -0.258. The van der Waals surface area contributed by atoms with Gasteiger partial charge in [-0.15, -0.1) is 48.8 Å². The second-order valence-corrected chi connectivity index (χ2v) is 11.0. The molecule has 0 unspecified atom stereocenters. The molecule has 0 radical (unpaired) electrons. The van der Waals surface area contributed by atoms with E-state index in [1.165, 1.54) is 12.2 Å². The zero-order valence-electron chi connectivity index (χ0n) is 12.6. The van der Waals surface area contributed by atoms with E-state index in [2.05, 4.69) is 25.3 Å². The van der Waals surface area contributed by atoms with Gasteiger partial charge in [-0.2, -0.15) is 26.3 Å². The SMILES string of the molecule is C[C@]12SC(S)=CC1=C1C(=C3C=C(S)S[C@@]32C)C(F)(F)C(F)(F)C1(F)F. The molecule has 0 spiro atoms. The van der Waals surface area contributed by atoms with Crippen LogP contribution >= 0.6 is 48.8 Å². The Morgan fingerprint density at radius 2 is 1.04 bits per heavy atom. The van der Waals surface area contributed by atoms with E-state index in [-0.39, 0.29) is 11.1 Å². The summed E-state index contributed by atoms with van der Waals surface area (Å²) in [5.74, 6) is -15.5. The van der Waals surface area contributed by atoms with Crippen molar-refractivity contribution in [3.8, 4) is 0 Å². The highest BCUT2D eigenvalue weighted by Crippen LogP contribution is 2.74. The second kappa shape index (κ2) is 4.67. The standard InChI is InChI=1S/C15H10F6S4/c1-11-5(3-7(22)24-11)9-10(6-4-8(23)25-12(6,11)2)14(18,19)15(20,21)13(9,16)17/h3-4,22-23H,1-2H3/t11-,12-/m0/s1. The molecule has 1 saturated carbocycles. The van der Waals surface area contributed by atoms with Crippen molar-refractivity contribution in [1.82, 2.24) is 0 Å². The molecule has 1 fully saturated rings. The Kier molecular flexibility index (Phi) is 3.42. The van der Waals surface area contributed by atoms with Gasteiger partial charge in [0.15, 0.2) is 0 Å². The van der Waals surface area contributed by atoms with E-state index in [1.54, 1.807) is 13.8 Å².